The Morgan fingerprint density at radius 3 is 2.74 bits per heavy atom. The molecule has 1 amide bonds. The van der Waals surface area contributed by atoms with Crippen molar-refractivity contribution < 1.29 is 4.79 Å². The van der Waals surface area contributed by atoms with Gasteiger partial charge in [-0.3, -0.25) is 9.79 Å². The van der Waals surface area contributed by atoms with Gasteiger partial charge in [-0.05, 0) is 37.8 Å². The number of aliphatic imine (C=N–C) groups is 1. The van der Waals surface area contributed by atoms with Gasteiger partial charge in [0.25, 0.3) is 0 Å². The van der Waals surface area contributed by atoms with E-state index in [0.29, 0.717) is 6.42 Å². The summed E-state index contributed by atoms with van der Waals surface area (Å²) in [5, 5.41) is 3.45. The molecule has 1 saturated heterocycles. The SMILES string of the molecule is CN=C(NCCCC(=O)N1CCc2ccccc2C1)N1CCSC(C)(C)C1. The lowest BCUT2D eigenvalue weighted by Gasteiger charge is -2.39. The van der Waals surface area contributed by atoms with Gasteiger partial charge in [-0.2, -0.15) is 11.8 Å². The van der Waals surface area contributed by atoms with E-state index in [1.807, 2.05) is 23.7 Å². The Morgan fingerprint density at radius 1 is 1.22 bits per heavy atom. The average molecular weight is 389 g/mol. The summed E-state index contributed by atoms with van der Waals surface area (Å²) in [5.41, 5.74) is 2.68. The van der Waals surface area contributed by atoms with Crippen LogP contribution in [0.2, 0.25) is 0 Å². The lowest BCUT2D eigenvalue weighted by molar-refractivity contribution is -0.132. The number of nitrogens with zero attached hydrogens (tertiary/aromatic N) is 3. The van der Waals surface area contributed by atoms with E-state index in [1.54, 1.807) is 0 Å². The first kappa shape index (κ1) is 20.1. The quantitative estimate of drug-likeness (QED) is 0.489. The molecule has 3 rings (SSSR count). The highest BCUT2D eigenvalue weighted by atomic mass is 32.2. The minimum atomic E-state index is 0.260. The molecule has 0 unspecified atom stereocenters. The summed E-state index contributed by atoms with van der Waals surface area (Å²) < 4.78 is 0.260. The largest absolute Gasteiger partial charge is 0.356 e. The summed E-state index contributed by atoms with van der Waals surface area (Å²) in [6.45, 7) is 8.98. The molecule has 0 saturated carbocycles. The Bertz CT molecular complexity index is 689. The molecule has 0 aliphatic carbocycles. The second kappa shape index (κ2) is 9.00. The van der Waals surface area contributed by atoms with Crippen molar-refractivity contribution in [3.63, 3.8) is 0 Å². The zero-order valence-corrected chi connectivity index (χ0v) is 17.6. The first-order valence-corrected chi connectivity index (χ1v) is 10.9. The van der Waals surface area contributed by atoms with Crippen LogP contribution in [0.25, 0.3) is 0 Å². The number of rotatable bonds is 4. The van der Waals surface area contributed by atoms with Gasteiger partial charge >= 0.3 is 0 Å². The maximum absolute atomic E-state index is 12.6. The minimum Gasteiger partial charge on any atom is -0.356 e. The highest BCUT2D eigenvalue weighted by Crippen LogP contribution is 2.29. The van der Waals surface area contributed by atoms with E-state index >= 15 is 0 Å². The average Bonchev–Trinajstić information content (AvgIpc) is 2.66. The van der Waals surface area contributed by atoms with Gasteiger partial charge in [0, 0.05) is 56.7 Å². The number of guanidine groups is 1. The summed E-state index contributed by atoms with van der Waals surface area (Å²) in [6.07, 6.45) is 2.39. The molecule has 0 bridgehead atoms. The van der Waals surface area contributed by atoms with Crippen LogP contribution >= 0.6 is 11.8 Å². The molecule has 0 spiro atoms. The number of carbonyl (C=O) groups is 1. The van der Waals surface area contributed by atoms with Crippen molar-refractivity contribution in [3.8, 4) is 0 Å². The lowest BCUT2D eigenvalue weighted by atomic mass is 9.99. The van der Waals surface area contributed by atoms with Crippen molar-refractivity contribution in [1.29, 1.82) is 0 Å². The van der Waals surface area contributed by atoms with Gasteiger partial charge in [0.2, 0.25) is 5.91 Å². The predicted octanol–water partition coefficient (Wildman–Crippen LogP) is 2.75. The van der Waals surface area contributed by atoms with Crippen molar-refractivity contribution in [1.82, 2.24) is 15.1 Å². The van der Waals surface area contributed by atoms with Crippen LogP contribution < -0.4 is 5.32 Å². The molecule has 2 aliphatic heterocycles. The second-order valence-corrected chi connectivity index (χ2v) is 9.74. The molecule has 0 atom stereocenters. The van der Waals surface area contributed by atoms with Crippen molar-refractivity contribution in [2.24, 2.45) is 4.99 Å². The molecule has 0 radical (unpaired) electrons. The van der Waals surface area contributed by atoms with Crippen LogP contribution in [-0.4, -0.2) is 65.4 Å². The summed E-state index contributed by atoms with van der Waals surface area (Å²) in [6, 6.07) is 8.45. The van der Waals surface area contributed by atoms with E-state index in [-0.39, 0.29) is 10.7 Å². The molecule has 1 N–H and O–H groups in total. The van der Waals surface area contributed by atoms with E-state index in [9.17, 15) is 4.79 Å². The molecule has 27 heavy (non-hydrogen) atoms. The zero-order valence-electron chi connectivity index (χ0n) is 16.8. The van der Waals surface area contributed by atoms with Gasteiger partial charge in [0.05, 0.1) is 0 Å². The van der Waals surface area contributed by atoms with E-state index in [2.05, 4.69) is 53.3 Å². The number of fused-ring (bicyclic) bond motifs is 1. The number of nitrogens with one attached hydrogen (secondary N) is 1. The van der Waals surface area contributed by atoms with Gasteiger partial charge in [-0.15, -0.1) is 0 Å². The first-order chi connectivity index (χ1) is 13.0. The number of carbonyl (C=O) groups excluding carboxylic acids is 1. The number of benzene rings is 1. The van der Waals surface area contributed by atoms with Crippen molar-refractivity contribution >= 4 is 23.6 Å². The molecule has 5 nitrogen and oxygen atoms in total. The van der Waals surface area contributed by atoms with Gasteiger partial charge in [0.15, 0.2) is 5.96 Å². The molecular weight excluding hydrogens is 356 g/mol. The highest BCUT2D eigenvalue weighted by molar-refractivity contribution is 8.00. The van der Waals surface area contributed by atoms with Crippen LogP contribution in [0.15, 0.2) is 29.3 Å². The van der Waals surface area contributed by atoms with Crippen LogP contribution in [0.3, 0.4) is 0 Å². The smallest absolute Gasteiger partial charge is 0.222 e. The third-order valence-electron chi connectivity index (χ3n) is 5.27. The fourth-order valence-electron chi connectivity index (χ4n) is 3.84. The number of hydrogen-bond donors (Lipinski definition) is 1. The molecular formula is C21H32N4OS. The number of amides is 1. The Labute approximate surface area is 167 Å². The number of thioether (sulfide) groups is 1. The molecule has 1 aromatic carbocycles. The third-order valence-corrected chi connectivity index (χ3v) is 6.57. The summed E-state index contributed by atoms with van der Waals surface area (Å²) in [4.78, 5) is 21.3. The highest BCUT2D eigenvalue weighted by Gasteiger charge is 2.28. The standard InChI is InChI=1S/C21H32N4OS/c1-21(2)16-25(13-14-27-21)20(22-3)23-11-6-9-19(26)24-12-10-17-7-4-5-8-18(17)15-24/h4-5,7-8H,6,9-16H2,1-3H3,(H,22,23). The van der Waals surface area contributed by atoms with Gasteiger partial charge in [0.1, 0.15) is 0 Å². The summed E-state index contributed by atoms with van der Waals surface area (Å²) in [5.74, 6) is 2.35. The van der Waals surface area contributed by atoms with Crippen molar-refractivity contribution in [2.45, 2.75) is 44.4 Å². The molecule has 6 heteroatoms. The van der Waals surface area contributed by atoms with Crippen LogP contribution in [0.1, 0.15) is 37.8 Å². The van der Waals surface area contributed by atoms with Crippen LogP contribution in [-0.2, 0) is 17.8 Å². The molecule has 2 aliphatic rings. The molecule has 1 fully saturated rings. The fourth-order valence-corrected chi connectivity index (χ4v) is 4.95. The molecule has 0 aromatic heterocycles. The summed E-state index contributed by atoms with van der Waals surface area (Å²) >= 11 is 2.02. The first-order valence-electron chi connectivity index (χ1n) is 9.92. The second-order valence-electron chi connectivity index (χ2n) is 7.94. The fraction of sp³-hybridized carbons (Fsp3) is 0.619. The van der Waals surface area contributed by atoms with E-state index < -0.39 is 0 Å². The zero-order chi connectivity index (χ0) is 19.3. The lowest BCUT2D eigenvalue weighted by Crippen LogP contribution is -2.51. The number of hydrogen-bond acceptors (Lipinski definition) is 3. The van der Waals surface area contributed by atoms with E-state index in [1.165, 1.54) is 11.1 Å². The minimum absolute atomic E-state index is 0.260. The van der Waals surface area contributed by atoms with Gasteiger partial charge in [-0.1, -0.05) is 24.3 Å². The molecule has 148 valence electrons. The van der Waals surface area contributed by atoms with Crippen LogP contribution in [0.4, 0.5) is 0 Å². The predicted molar refractivity (Wildman–Crippen MR) is 114 cm³/mol. The third kappa shape index (κ3) is 5.41. The van der Waals surface area contributed by atoms with Crippen LogP contribution in [0.5, 0.6) is 0 Å². The topological polar surface area (TPSA) is 47.9 Å². The normalized spacial score (nSPS) is 19.6. The van der Waals surface area contributed by atoms with Crippen molar-refractivity contribution in [2.75, 3.05) is 39.0 Å². The van der Waals surface area contributed by atoms with Crippen molar-refractivity contribution in [3.05, 3.63) is 35.4 Å². The van der Waals surface area contributed by atoms with E-state index in [4.69, 9.17) is 0 Å². The van der Waals surface area contributed by atoms with Crippen LogP contribution in [0, 0.1) is 0 Å². The Morgan fingerprint density at radius 2 is 2.00 bits per heavy atom. The van der Waals surface area contributed by atoms with E-state index in [0.717, 1.165) is 57.3 Å². The summed E-state index contributed by atoms with van der Waals surface area (Å²) in [7, 11) is 1.84. The molecule has 2 heterocycles. The Kier molecular flexibility index (Phi) is 6.68. The molecule has 1 aromatic rings. The maximum atomic E-state index is 12.6. The Balaban J connectivity index is 1.41. The Hall–Kier alpha value is -1.69. The monoisotopic (exact) mass is 388 g/mol. The maximum Gasteiger partial charge on any atom is 0.222 e. The van der Waals surface area contributed by atoms with Gasteiger partial charge in [-0.25, -0.2) is 0 Å². The van der Waals surface area contributed by atoms with Gasteiger partial charge < -0.3 is 15.1 Å².